The van der Waals surface area contributed by atoms with Gasteiger partial charge in [0.1, 0.15) is 35.9 Å². The molecule has 1 amide bonds. The van der Waals surface area contributed by atoms with Crippen molar-refractivity contribution < 1.29 is 32.6 Å². The van der Waals surface area contributed by atoms with E-state index in [9.17, 15) is 18.8 Å². The van der Waals surface area contributed by atoms with Crippen molar-refractivity contribution in [2.75, 3.05) is 52.3 Å². The number of nitrogens with one attached hydrogen (secondary N) is 1. The lowest BCUT2D eigenvalue weighted by Gasteiger charge is -2.40. The van der Waals surface area contributed by atoms with Crippen LogP contribution in [0.4, 0.5) is 18.9 Å². The molecule has 2 heterocycles. The molecule has 0 spiro atoms. The number of aromatic nitrogens is 1. The zero-order chi connectivity index (χ0) is 28.9. The van der Waals surface area contributed by atoms with E-state index in [2.05, 4.69) is 9.88 Å². The van der Waals surface area contributed by atoms with E-state index in [0.29, 0.717) is 60.4 Å². The Labute approximate surface area is 231 Å². The van der Waals surface area contributed by atoms with E-state index >= 15 is 4.39 Å². The second-order valence-electron chi connectivity index (χ2n) is 10.4. The Morgan fingerprint density at radius 3 is 2.48 bits per heavy atom. The Morgan fingerprint density at radius 2 is 1.85 bits per heavy atom. The Bertz CT molecular complexity index is 1310. The molecule has 1 aromatic heterocycles. The molecule has 11 heteroatoms. The number of likely N-dealkylation sites (tertiary alicyclic amines) is 1. The normalized spacial score (nSPS) is 16.0. The molecule has 8 nitrogen and oxygen atoms in total. The van der Waals surface area contributed by atoms with Crippen LogP contribution >= 0.6 is 0 Å². The summed E-state index contributed by atoms with van der Waals surface area (Å²) < 4.78 is 53.7. The Hall–Kier alpha value is -3.57. The summed E-state index contributed by atoms with van der Waals surface area (Å²) >= 11 is 0. The minimum atomic E-state index is -1.39. The van der Waals surface area contributed by atoms with Crippen molar-refractivity contribution >= 4 is 22.5 Å². The largest absolute Gasteiger partial charge is 0.497 e. The average molecular weight is 561 g/mol. The summed E-state index contributed by atoms with van der Waals surface area (Å²) in [5, 5.41) is 10.2. The molecule has 0 aliphatic carbocycles. The van der Waals surface area contributed by atoms with Gasteiger partial charge in [0, 0.05) is 49.8 Å². The quantitative estimate of drug-likeness (QED) is 0.251. The molecular formula is C29H35F3N4O4. The third-order valence-corrected chi connectivity index (χ3v) is 7.68. The van der Waals surface area contributed by atoms with Crippen molar-refractivity contribution in [1.29, 1.82) is 0 Å². The number of hydroxylamine groups is 1. The third kappa shape index (κ3) is 6.59. The van der Waals surface area contributed by atoms with Gasteiger partial charge in [0.25, 0.3) is 0 Å². The summed E-state index contributed by atoms with van der Waals surface area (Å²) in [6.07, 6.45) is 1.37. The number of alkyl halides is 1. The number of fused-ring (bicyclic) bond motifs is 1. The van der Waals surface area contributed by atoms with Crippen LogP contribution in [0.2, 0.25) is 0 Å². The van der Waals surface area contributed by atoms with Crippen LogP contribution in [-0.4, -0.2) is 68.4 Å². The van der Waals surface area contributed by atoms with Gasteiger partial charge in [-0.05, 0) is 57.0 Å². The van der Waals surface area contributed by atoms with E-state index in [4.69, 9.17) is 9.47 Å². The first-order valence-electron chi connectivity index (χ1n) is 13.2. The average Bonchev–Trinajstić information content (AvgIpc) is 2.94. The second kappa shape index (κ2) is 12.7. The number of piperidine rings is 1. The highest BCUT2D eigenvalue weighted by Gasteiger charge is 2.41. The zero-order valence-corrected chi connectivity index (χ0v) is 22.9. The third-order valence-electron chi connectivity index (χ3n) is 7.68. The number of hydrogen-bond acceptors (Lipinski definition) is 7. The van der Waals surface area contributed by atoms with Crippen LogP contribution in [-0.2, 0) is 4.79 Å². The fourth-order valence-electron chi connectivity index (χ4n) is 5.36. The molecule has 0 radical (unpaired) electrons. The highest BCUT2D eigenvalue weighted by Crippen LogP contribution is 2.43. The first kappa shape index (κ1) is 29.4. The van der Waals surface area contributed by atoms with Gasteiger partial charge in [-0.1, -0.05) is 0 Å². The lowest BCUT2D eigenvalue weighted by atomic mass is 9.73. The second-order valence-corrected chi connectivity index (χ2v) is 10.4. The number of anilines is 1. The SMILES string of the molecule is COc1ccc2ncc(N(C)C)c([C@H](F)CCC3(C(=O)NO)CCN(CCOc4cc(F)cc(F)c4)CC3)c2c1. The first-order valence-corrected chi connectivity index (χ1v) is 13.2. The topological polar surface area (TPSA) is 87.2 Å². The minimum absolute atomic E-state index is 0.0683. The molecule has 1 saturated heterocycles. The van der Waals surface area contributed by atoms with Gasteiger partial charge >= 0.3 is 0 Å². The molecule has 1 fully saturated rings. The van der Waals surface area contributed by atoms with Gasteiger partial charge in [0.05, 0.1) is 29.9 Å². The van der Waals surface area contributed by atoms with E-state index in [1.807, 2.05) is 19.0 Å². The van der Waals surface area contributed by atoms with E-state index < -0.39 is 29.1 Å². The van der Waals surface area contributed by atoms with Gasteiger partial charge in [0.15, 0.2) is 0 Å². The van der Waals surface area contributed by atoms with Crippen LogP contribution in [0.5, 0.6) is 11.5 Å². The van der Waals surface area contributed by atoms with E-state index in [1.54, 1.807) is 37.0 Å². The molecule has 3 aromatic rings. The molecule has 216 valence electrons. The molecule has 4 rings (SSSR count). The fraction of sp³-hybridized carbons (Fsp3) is 0.448. The summed E-state index contributed by atoms with van der Waals surface area (Å²) in [5.41, 5.74) is 2.62. The van der Waals surface area contributed by atoms with Gasteiger partial charge in [-0.15, -0.1) is 0 Å². The lowest BCUT2D eigenvalue weighted by Crippen LogP contribution is -2.49. The van der Waals surface area contributed by atoms with Crippen LogP contribution in [0.15, 0.2) is 42.6 Å². The van der Waals surface area contributed by atoms with Gasteiger partial charge in [-0.3, -0.25) is 19.9 Å². The van der Waals surface area contributed by atoms with Crippen LogP contribution in [0.1, 0.15) is 37.4 Å². The number of rotatable bonds is 11. The summed E-state index contributed by atoms with van der Waals surface area (Å²) in [7, 11) is 5.20. The molecular weight excluding hydrogens is 525 g/mol. The standard InChI is InChI=1S/C29H35F3N4O4/c1-35(2)26-18-33-25-5-4-21(39-3)17-23(25)27(26)24(32)6-7-29(28(37)34-38)8-10-36(11-9-29)12-13-40-22-15-19(30)14-20(31)16-22/h4-5,14-18,24,38H,6-13H2,1-3H3,(H,34,37)/t24-/m1/s1. The Balaban J connectivity index is 1.44. The van der Waals surface area contributed by atoms with E-state index in [0.717, 1.165) is 18.2 Å². The molecule has 1 aliphatic rings. The Morgan fingerprint density at radius 1 is 1.15 bits per heavy atom. The van der Waals surface area contributed by atoms with Gasteiger partial charge in [-0.2, -0.15) is 0 Å². The van der Waals surface area contributed by atoms with Gasteiger partial charge < -0.3 is 14.4 Å². The molecule has 0 unspecified atom stereocenters. The molecule has 2 N–H and O–H groups in total. The summed E-state index contributed by atoms with van der Waals surface area (Å²) in [6, 6.07) is 8.35. The van der Waals surface area contributed by atoms with Crippen LogP contribution in [0, 0.1) is 17.0 Å². The predicted octanol–water partition coefficient (Wildman–Crippen LogP) is 5.05. The number of carbonyl (C=O) groups excluding carboxylic acids is 1. The minimum Gasteiger partial charge on any atom is -0.497 e. The number of methoxy groups -OCH3 is 1. The van der Waals surface area contributed by atoms with Crippen LogP contribution in [0.3, 0.4) is 0 Å². The lowest BCUT2D eigenvalue weighted by molar-refractivity contribution is -0.143. The fourth-order valence-corrected chi connectivity index (χ4v) is 5.36. The number of amides is 1. The van der Waals surface area contributed by atoms with E-state index in [-0.39, 0.29) is 25.2 Å². The molecule has 0 bridgehead atoms. The Kier molecular flexibility index (Phi) is 9.36. The zero-order valence-electron chi connectivity index (χ0n) is 22.9. The number of hydrogen-bond donors (Lipinski definition) is 2. The smallest absolute Gasteiger partial charge is 0.249 e. The van der Waals surface area contributed by atoms with Crippen molar-refractivity contribution in [2.24, 2.45) is 5.41 Å². The number of halogens is 3. The monoisotopic (exact) mass is 560 g/mol. The predicted molar refractivity (Wildman–Crippen MR) is 146 cm³/mol. The van der Waals surface area contributed by atoms with Gasteiger partial charge in [-0.25, -0.2) is 18.7 Å². The maximum absolute atomic E-state index is 16.1. The number of pyridine rings is 1. The molecule has 40 heavy (non-hydrogen) atoms. The maximum atomic E-state index is 16.1. The van der Waals surface area contributed by atoms with Crippen molar-refractivity contribution in [3.05, 3.63) is 59.8 Å². The molecule has 1 aliphatic heterocycles. The van der Waals surface area contributed by atoms with Crippen LogP contribution in [0.25, 0.3) is 10.9 Å². The van der Waals surface area contributed by atoms with Crippen molar-refractivity contribution in [3.8, 4) is 11.5 Å². The van der Waals surface area contributed by atoms with E-state index in [1.165, 1.54) is 0 Å². The van der Waals surface area contributed by atoms with Crippen molar-refractivity contribution in [2.45, 2.75) is 31.9 Å². The van der Waals surface area contributed by atoms with Crippen molar-refractivity contribution in [1.82, 2.24) is 15.4 Å². The maximum Gasteiger partial charge on any atom is 0.249 e. The summed E-state index contributed by atoms with van der Waals surface area (Å²) in [4.78, 5) is 21.2. The first-order chi connectivity index (χ1) is 19.2. The molecule has 2 aromatic carbocycles. The highest BCUT2D eigenvalue weighted by atomic mass is 19.1. The molecule has 0 saturated carbocycles. The number of benzene rings is 2. The number of nitrogens with zero attached hydrogens (tertiary/aromatic N) is 3. The summed E-state index contributed by atoms with van der Waals surface area (Å²) in [6.45, 7) is 1.73. The van der Waals surface area contributed by atoms with Crippen LogP contribution < -0.4 is 19.9 Å². The van der Waals surface area contributed by atoms with Gasteiger partial charge in [0.2, 0.25) is 5.91 Å². The number of carbonyl (C=O) groups is 1. The molecule has 1 atom stereocenters. The highest BCUT2D eigenvalue weighted by molar-refractivity contribution is 5.88. The van der Waals surface area contributed by atoms with Crippen molar-refractivity contribution in [3.63, 3.8) is 0 Å². The number of ether oxygens (including phenoxy) is 2. The summed E-state index contributed by atoms with van der Waals surface area (Å²) in [5.74, 6) is -1.25.